The molecule has 0 atom stereocenters. The third-order valence-corrected chi connectivity index (χ3v) is 10.3. The number of halogens is 3. The molecule has 0 N–H and O–H groups in total. The van der Waals surface area contributed by atoms with Crippen LogP contribution >= 0.6 is 0 Å². The largest absolute Gasteiger partial charge is 1.00 e. The Morgan fingerprint density at radius 1 is 0.250 bits per heavy atom. The molecule has 0 aromatic rings. The minimum absolute atomic E-state index is 0. The zero-order valence-corrected chi connectivity index (χ0v) is 35.3. The molecule has 0 saturated heterocycles. The highest BCUT2D eigenvalue weighted by atomic mass is 127. The molecule has 0 heterocycles. The van der Waals surface area contributed by atoms with Crippen molar-refractivity contribution in [3.63, 3.8) is 0 Å². The molecule has 0 saturated carbocycles. The monoisotopic (exact) mass is 907 g/mol. The van der Waals surface area contributed by atoms with E-state index < -0.39 is 0 Å². The molecule has 0 fully saturated rings. The molecule has 0 aliphatic heterocycles. The van der Waals surface area contributed by atoms with Gasteiger partial charge in [-0.15, -0.1) is 0 Å². The fraction of sp³-hybridized carbons (Fsp3) is 1.00. The lowest BCUT2D eigenvalue weighted by atomic mass is 10.1. The zero-order chi connectivity index (χ0) is 27.9. The highest BCUT2D eigenvalue weighted by Crippen LogP contribution is 2.19. The van der Waals surface area contributed by atoms with Crippen LogP contribution in [0.5, 0.6) is 0 Å². The van der Waals surface area contributed by atoms with Crippen LogP contribution in [-0.4, -0.2) is 92.0 Å². The van der Waals surface area contributed by atoms with E-state index in [0.717, 1.165) is 0 Å². The molecule has 40 heavy (non-hydrogen) atoms. The van der Waals surface area contributed by atoms with Crippen LogP contribution in [0.25, 0.3) is 0 Å². The maximum absolute atomic E-state index is 2.47. The summed E-state index contributed by atoms with van der Waals surface area (Å²) < 4.78 is 4.11. The summed E-state index contributed by atoms with van der Waals surface area (Å²) >= 11 is 0. The molecule has 0 aromatic carbocycles. The summed E-state index contributed by atoms with van der Waals surface area (Å²) in [6, 6.07) is 0. The predicted octanol–water partition coefficient (Wildman–Crippen LogP) is 0.0694. The van der Waals surface area contributed by atoms with E-state index in [9.17, 15) is 0 Å². The second kappa shape index (κ2) is 31.1. The maximum Gasteiger partial charge on any atom is 0.0786 e. The average molecular weight is 908 g/mol. The van der Waals surface area contributed by atoms with Gasteiger partial charge in [-0.1, -0.05) is 40.0 Å². The van der Waals surface area contributed by atoms with Gasteiger partial charge in [0, 0.05) is 0 Å². The fourth-order valence-electron chi connectivity index (χ4n) is 6.72. The van der Waals surface area contributed by atoms with Gasteiger partial charge in [-0.3, -0.25) is 0 Å². The number of nitrogens with zero attached hydrogens (tertiary/aromatic N) is 3. The second-order valence-electron chi connectivity index (χ2n) is 12.6. The molecule has 0 unspecified atom stereocenters. The Morgan fingerprint density at radius 2 is 0.450 bits per heavy atom. The number of quaternary nitrogens is 3. The van der Waals surface area contributed by atoms with Crippen LogP contribution in [0.4, 0.5) is 0 Å². The average Bonchev–Trinajstić information content (AvgIpc) is 2.94. The minimum atomic E-state index is 0. The Morgan fingerprint density at radius 3 is 0.675 bits per heavy atom. The van der Waals surface area contributed by atoms with E-state index in [1.54, 1.807) is 0 Å². The third-order valence-electron chi connectivity index (χ3n) is 10.3. The van der Waals surface area contributed by atoms with E-state index in [4.69, 9.17) is 0 Å². The van der Waals surface area contributed by atoms with Gasteiger partial charge in [0.1, 0.15) is 0 Å². The van der Waals surface area contributed by atoms with Crippen LogP contribution < -0.4 is 71.9 Å². The van der Waals surface area contributed by atoms with Crippen molar-refractivity contribution in [2.45, 2.75) is 145 Å². The first kappa shape index (κ1) is 49.0. The topological polar surface area (TPSA) is 0 Å². The fourth-order valence-corrected chi connectivity index (χ4v) is 6.72. The van der Waals surface area contributed by atoms with E-state index >= 15 is 0 Å². The predicted molar refractivity (Wildman–Crippen MR) is 169 cm³/mol. The first-order valence-corrected chi connectivity index (χ1v) is 17.5. The molecule has 0 aromatic heterocycles. The van der Waals surface area contributed by atoms with Crippen LogP contribution in [0.1, 0.15) is 145 Å². The summed E-state index contributed by atoms with van der Waals surface area (Å²) in [5.74, 6) is 0. The van der Waals surface area contributed by atoms with Gasteiger partial charge in [-0.25, -0.2) is 0 Å². The van der Waals surface area contributed by atoms with E-state index in [1.165, 1.54) is 182 Å². The van der Waals surface area contributed by atoms with Crippen molar-refractivity contribution < 1.29 is 85.4 Å². The molecule has 248 valence electrons. The van der Waals surface area contributed by atoms with Crippen molar-refractivity contribution >= 4 is 0 Å². The van der Waals surface area contributed by atoms with Gasteiger partial charge in [0.05, 0.1) is 78.5 Å². The maximum atomic E-state index is 2.47. The van der Waals surface area contributed by atoms with Crippen LogP contribution in [0.3, 0.4) is 0 Å². The van der Waals surface area contributed by atoms with Crippen LogP contribution in [0.2, 0.25) is 0 Å². The van der Waals surface area contributed by atoms with Gasteiger partial charge in [0.25, 0.3) is 0 Å². The van der Waals surface area contributed by atoms with E-state index in [2.05, 4.69) is 55.4 Å². The molecule has 0 aliphatic rings. The normalized spacial score (nSPS) is 12.0. The molecule has 3 nitrogen and oxygen atoms in total. The van der Waals surface area contributed by atoms with Crippen molar-refractivity contribution in [2.75, 3.05) is 78.5 Å². The lowest BCUT2D eigenvalue weighted by molar-refractivity contribution is -0.927. The molecule has 0 amide bonds. The summed E-state index contributed by atoms with van der Waals surface area (Å²) in [5, 5.41) is 0. The smallest absolute Gasteiger partial charge is 0.0786 e. The molecule has 0 spiro atoms. The van der Waals surface area contributed by atoms with E-state index in [0.29, 0.717) is 0 Å². The summed E-state index contributed by atoms with van der Waals surface area (Å²) in [6.45, 7) is 35.7. The number of hydrogen-bond acceptors (Lipinski definition) is 0. The Bertz CT molecular complexity index is 461. The molecular formula is C34H76I3N3. The zero-order valence-electron chi connectivity index (χ0n) is 28.9. The van der Waals surface area contributed by atoms with E-state index in [-0.39, 0.29) is 71.9 Å². The summed E-state index contributed by atoms with van der Waals surface area (Å²) in [7, 11) is 0. The first-order chi connectivity index (χ1) is 17.9. The first-order valence-electron chi connectivity index (χ1n) is 17.5. The second-order valence-corrected chi connectivity index (χ2v) is 12.6. The lowest BCUT2D eigenvalue weighted by Gasteiger charge is -2.39. The Labute approximate surface area is 306 Å². The molecule has 0 aliphatic carbocycles. The molecule has 6 heteroatoms. The number of hydrogen-bond donors (Lipinski definition) is 0. The number of rotatable bonds is 28. The van der Waals surface area contributed by atoms with Crippen molar-refractivity contribution in [2.24, 2.45) is 0 Å². The van der Waals surface area contributed by atoms with Gasteiger partial charge in [-0.05, 0) is 105 Å². The van der Waals surface area contributed by atoms with Gasteiger partial charge in [-0.2, -0.15) is 0 Å². The highest BCUT2D eigenvalue weighted by molar-refractivity contribution is 4.53. The Kier molecular flexibility index (Phi) is 38.0. The Hall–Kier alpha value is 2.07. The van der Waals surface area contributed by atoms with Crippen molar-refractivity contribution in [3.05, 3.63) is 0 Å². The van der Waals surface area contributed by atoms with Gasteiger partial charge >= 0.3 is 0 Å². The SMILES string of the molecule is CCCC[N+](CC)(CC)CCCCCC[N+](CC)(CCCC)CCCCCC[N+](CC)(CC)CCCC.[I-].[I-].[I-]. The van der Waals surface area contributed by atoms with Crippen LogP contribution in [0.15, 0.2) is 0 Å². The molecule has 0 rings (SSSR count). The molecule has 0 bridgehead atoms. The summed E-state index contributed by atoms with van der Waals surface area (Å²) in [6.07, 6.45) is 19.7. The van der Waals surface area contributed by atoms with Gasteiger partial charge in [0.15, 0.2) is 0 Å². The van der Waals surface area contributed by atoms with Gasteiger partial charge < -0.3 is 85.4 Å². The quantitative estimate of drug-likeness (QED) is 0.0594. The summed E-state index contributed by atoms with van der Waals surface area (Å²) in [4.78, 5) is 0. The highest BCUT2D eigenvalue weighted by Gasteiger charge is 2.25. The standard InChI is InChI=1S/C34H76N3.3HI/c1-9-17-28-35(12-4,13-5)31-24-20-22-26-33-37(16-8,30-19-11-3)34-27-23-21-25-32-36(14-6,15-7)29-18-10-2;;;/h9-34H2,1-8H3;3*1H/q+3;;;/p-3. The number of unbranched alkanes of at least 4 members (excludes halogenated alkanes) is 9. The van der Waals surface area contributed by atoms with Crippen molar-refractivity contribution in [1.29, 1.82) is 0 Å². The lowest BCUT2D eigenvalue weighted by Crippen LogP contribution is -3.00. The van der Waals surface area contributed by atoms with E-state index in [1.807, 2.05) is 0 Å². The molecular weight excluding hydrogens is 831 g/mol. The minimum Gasteiger partial charge on any atom is -1.00 e. The van der Waals surface area contributed by atoms with Crippen LogP contribution in [0, 0.1) is 0 Å². The van der Waals surface area contributed by atoms with Crippen molar-refractivity contribution in [1.82, 2.24) is 0 Å². The Balaban J connectivity index is -0.00000216. The van der Waals surface area contributed by atoms with Gasteiger partial charge in [0.2, 0.25) is 0 Å². The van der Waals surface area contributed by atoms with Crippen molar-refractivity contribution in [3.8, 4) is 0 Å². The van der Waals surface area contributed by atoms with Crippen LogP contribution in [-0.2, 0) is 0 Å². The third kappa shape index (κ3) is 20.9. The molecule has 0 radical (unpaired) electrons. The summed E-state index contributed by atoms with van der Waals surface area (Å²) in [5.41, 5.74) is 0.